The van der Waals surface area contributed by atoms with E-state index in [1.165, 1.54) is 11.3 Å². The summed E-state index contributed by atoms with van der Waals surface area (Å²) in [6.07, 6.45) is 1.65. The van der Waals surface area contributed by atoms with Gasteiger partial charge in [-0.1, -0.05) is 18.2 Å². The Morgan fingerprint density at radius 3 is 2.66 bits per heavy atom. The number of benzene rings is 1. The summed E-state index contributed by atoms with van der Waals surface area (Å²) >= 11 is 1.37. The number of nitrogens with zero attached hydrogens (tertiary/aromatic N) is 1. The minimum absolute atomic E-state index is 0.0392. The maximum Gasteiger partial charge on any atom is 0.342 e. The molecule has 1 aliphatic heterocycles. The van der Waals surface area contributed by atoms with Crippen molar-refractivity contribution in [2.24, 2.45) is 5.92 Å². The third kappa shape index (κ3) is 3.79. The van der Waals surface area contributed by atoms with Crippen LogP contribution in [0.5, 0.6) is 0 Å². The monoisotopic (exact) mass is 412 g/mol. The number of fused-ring (bicyclic) bond motifs is 1. The maximum atomic E-state index is 12.9. The third-order valence-electron chi connectivity index (χ3n) is 5.56. The van der Waals surface area contributed by atoms with Crippen LogP contribution in [-0.2, 0) is 20.7 Å². The zero-order chi connectivity index (χ0) is 20.7. The van der Waals surface area contributed by atoms with Crippen LogP contribution < -0.4 is 10.2 Å². The van der Waals surface area contributed by atoms with Gasteiger partial charge >= 0.3 is 5.97 Å². The second kappa shape index (κ2) is 7.63. The number of para-hydroxylation sites is 1. The lowest BCUT2D eigenvalue weighted by atomic mass is 10.1. The average molecular weight is 413 g/mol. The Kier molecular flexibility index (Phi) is 5.17. The van der Waals surface area contributed by atoms with Crippen molar-refractivity contribution in [1.82, 2.24) is 0 Å². The van der Waals surface area contributed by atoms with Gasteiger partial charge in [-0.25, -0.2) is 4.79 Å². The van der Waals surface area contributed by atoms with Crippen LogP contribution in [-0.4, -0.2) is 30.4 Å². The van der Waals surface area contributed by atoms with Gasteiger partial charge in [0.25, 0.3) is 5.91 Å². The highest BCUT2D eigenvalue weighted by Crippen LogP contribution is 2.36. The van der Waals surface area contributed by atoms with Crippen LogP contribution in [0.2, 0.25) is 0 Å². The second-order valence-corrected chi connectivity index (χ2v) is 8.89. The summed E-state index contributed by atoms with van der Waals surface area (Å²) in [7, 11) is 0. The van der Waals surface area contributed by atoms with Crippen molar-refractivity contribution < 1.29 is 19.1 Å². The van der Waals surface area contributed by atoms with E-state index in [2.05, 4.69) is 5.32 Å². The summed E-state index contributed by atoms with van der Waals surface area (Å²) in [6.45, 7) is 5.91. The standard InChI is InChI=1S/C22H24N2O4S/c1-12-14(3)29-20(23-19(25)16-8-9-16)18(12)22(27)28-13(2)21(26)24-11-10-15-6-4-5-7-17(15)24/h4-7,13,16H,8-11H2,1-3H3,(H,23,25). The molecular formula is C22H24N2O4S. The molecule has 4 rings (SSSR count). The molecule has 6 nitrogen and oxygen atoms in total. The molecule has 1 aliphatic carbocycles. The van der Waals surface area contributed by atoms with Crippen LogP contribution in [0.3, 0.4) is 0 Å². The van der Waals surface area contributed by atoms with Gasteiger partial charge in [-0.05, 0) is 57.2 Å². The molecule has 0 spiro atoms. The zero-order valence-electron chi connectivity index (χ0n) is 16.8. The SMILES string of the molecule is Cc1sc(NC(=O)C2CC2)c(C(=O)OC(C)C(=O)N2CCc3ccccc32)c1C. The molecule has 7 heteroatoms. The van der Waals surface area contributed by atoms with Crippen molar-refractivity contribution in [3.8, 4) is 0 Å². The Balaban J connectivity index is 1.49. The van der Waals surface area contributed by atoms with Crippen LogP contribution in [0.4, 0.5) is 10.7 Å². The number of esters is 1. The van der Waals surface area contributed by atoms with E-state index in [1.807, 2.05) is 38.1 Å². The van der Waals surface area contributed by atoms with Crippen LogP contribution in [0.15, 0.2) is 24.3 Å². The molecule has 1 unspecified atom stereocenters. The van der Waals surface area contributed by atoms with E-state index < -0.39 is 12.1 Å². The van der Waals surface area contributed by atoms with Crippen molar-refractivity contribution in [3.05, 3.63) is 45.8 Å². The van der Waals surface area contributed by atoms with Crippen LogP contribution >= 0.6 is 11.3 Å². The van der Waals surface area contributed by atoms with Gasteiger partial charge in [-0.3, -0.25) is 9.59 Å². The number of thiophene rings is 1. The molecule has 2 aromatic rings. The molecule has 1 atom stereocenters. The topological polar surface area (TPSA) is 75.7 Å². The third-order valence-corrected chi connectivity index (χ3v) is 6.68. The normalized spacial score (nSPS) is 16.3. The minimum Gasteiger partial charge on any atom is -0.449 e. The lowest BCUT2D eigenvalue weighted by Gasteiger charge is -2.22. The van der Waals surface area contributed by atoms with Gasteiger partial charge in [0.05, 0.1) is 5.56 Å². The fourth-order valence-corrected chi connectivity index (χ4v) is 4.63. The Morgan fingerprint density at radius 1 is 1.21 bits per heavy atom. The van der Waals surface area contributed by atoms with Crippen molar-refractivity contribution in [2.45, 2.75) is 46.1 Å². The van der Waals surface area contributed by atoms with Crippen molar-refractivity contribution >= 4 is 39.8 Å². The summed E-state index contributed by atoms with van der Waals surface area (Å²) in [5.41, 5.74) is 3.12. The van der Waals surface area contributed by atoms with Gasteiger partial charge in [0.2, 0.25) is 5.91 Å². The average Bonchev–Trinajstić information content (AvgIpc) is 3.40. The highest BCUT2D eigenvalue weighted by molar-refractivity contribution is 7.16. The molecule has 1 aromatic heterocycles. The summed E-state index contributed by atoms with van der Waals surface area (Å²) < 4.78 is 5.54. The van der Waals surface area contributed by atoms with E-state index in [-0.39, 0.29) is 17.7 Å². The summed E-state index contributed by atoms with van der Waals surface area (Å²) in [5, 5.41) is 3.38. The first-order chi connectivity index (χ1) is 13.9. The van der Waals surface area contributed by atoms with Gasteiger partial charge < -0.3 is 15.0 Å². The molecule has 1 N–H and O–H groups in total. The van der Waals surface area contributed by atoms with Crippen LogP contribution in [0.1, 0.15) is 46.1 Å². The number of amides is 2. The van der Waals surface area contributed by atoms with E-state index in [4.69, 9.17) is 4.74 Å². The number of ether oxygens (including phenoxy) is 1. The Hall–Kier alpha value is -2.67. The molecule has 1 saturated carbocycles. The molecule has 0 saturated heterocycles. The largest absolute Gasteiger partial charge is 0.449 e. The summed E-state index contributed by atoms with van der Waals surface area (Å²) in [4.78, 5) is 40.6. The molecule has 1 fully saturated rings. The van der Waals surface area contributed by atoms with Crippen molar-refractivity contribution in [3.63, 3.8) is 0 Å². The fraction of sp³-hybridized carbons (Fsp3) is 0.409. The van der Waals surface area contributed by atoms with Crippen LogP contribution in [0.25, 0.3) is 0 Å². The van der Waals surface area contributed by atoms with E-state index in [0.717, 1.165) is 41.0 Å². The number of aryl methyl sites for hydroxylation is 1. The van der Waals surface area contributed by atoms with Gasteiger partial charge in [0, 0.05) is 23.0 Å². The number of hydrogen-bond acceptors (Lipinski definition) is 5. The lowest BCUT2D eigenvalue weighted by molar-refractivity contribution is -0.126. The van der Waals surface area contributed by atoms with Gasteiger partial charge in [0.15, 0.2) is 6.10 Å². The van der Waals surface area contributed by atoms with E-state index in [9.17, 15) is 14.4 Å². The molecule has 29 heavy (non-hydrogen) atoms. The number of hydrogen-bond donors (Lipinski definition) is 1. The number of carbonyl (C=O) groups is 3. The smallest absolute Gasteiger partial charge is 0.342 e. The highest BCUT2D eigenvalue weighted by atomic mass is 32.1. The first-order valence-electron chi connectivity index (χ1n) is 9.88. The molecule has 2 heterocycles. The van der Waals surface area contributed by atoms with E-state index in [1.54, 1.807) is 11.8 Å². The van der Waals surface area contributed by atoms with Gasteiger partial charge in [-0.2, -0.15) is 0 Å². The minimum atomic E-state index is -0.916. The highest BCUT2D eigenvalue weighted by Gasteiger charge is 2.34. The molecular weight excluding hydrogens is 388 g/mol. The maximum absolute atomic E-state index is 12.9. The van der Waals surface area contributed by atoms with E-state index in [0.29, 0.717) is 17.1 Å². The first-order valence-corrected chi connectivity index (χ1v) is 10.7. The quantitative estimate of drug-likeness (QED) is 0.757. The molecule has 2 aliphatic rings. The summed E-state index contributed by atoms with van der Waals surface area (Å²) in [5.74, 6) is -0.835. The van der Waals surface area contributed by atoms with Crippen molar-refractivity contribution in [2.75, 3.05) is 16.8 Å². The molecule has 1 aromatic carbocycles. The second-order valence-electron chi connectivity index (χ2n) is 7.67. The van der Waals surface area contributed by atoms with Gasteiger partial charge in [-0.15, -0.1) is 11.3 Å². The van der Waals surface area contributed by atoms with E-state index >= 15 is 0 Å². The number of nitrogens with one attached hydrogen (secondary N) is 1. The zero-order valence-corrected chi connectivity index (χ0v) is 17.6. The first kappa shape index (κ1) is 19.6. The number of rotatable bonds is 5. The van der Waals surface area contributed by atoms with Crippen molar-refractivity contribution in [1.29, 1.82) is 0 Å². The summed E-state index contributed by atoms with van der Waals surface area (Å²) in [6, 6.07) is 7.76. The number of anilines is 2. The number of carbonyl (C=O) groups excluding carboxylic acids is 3. The Morgan fingerprint density at radius 2 is 1.93 bits per heavy atom. The molecule has 2 amide bonds. The molecule has 0 bridgehead atoms. The lowest BCUT2D eigenvalue weighted by Crippen LogP contribution is -2.39. The predicted molar refractivity (Wildman–Crippen MR) is 113 cm³/mol. The Bertz CT molecular complexity index is 993. The van der Waals surface area contributed by atoms with Crippen LogP contribution in [0, 0.1) is 19.8 Å². The molecule has 152 valence electrons. The Labute approximate surface area is 173 Å². The predicted octanol–water partition coefficient (Wildman–Crippen LogP) is 3.85. The fourth-order valence-electron chi connectivity index (χ4n) is 3.58. The van der Waals surface area contributed by atoms with Gasteiger partial charge in [0.1, 0.15) is 5.00 Å². The molecule has 0 radical (unpaired) electrons.